The molecular weight excluding hydrogens is 192 g/mol. The Kier molecular flexibility index (Phi) is 2.80. The quantitative estimate of drug-likeness (QED) is 0.713. The van der Waals surface area contributed by atoms with Crippen LogP contribution >= 0.6 is 0 Å². The molecule has 80 valence electrons. The molecule has 0 aromatic carbocycles. The zero-order chi connectivity index (χ0) is 10.7. The summed E-state index contributed by atoms with van der Waals surface area (Å²) in [5.41, 5.74) is 0.891. The van der Waals surface area contributed by atoms with Crippen molar-refractivity contribution in [1.29, 1.82) is 0 Å². The molecule has 0 fully saturated rings. The van der Waals surface area contributed by atoms with Gasteiger partial charge in [0.05, 0.1) is 6.61 Å². The highest BCUT2D eigenvalue weighted by molar-refractivity contribution is 5.32. The van der Waals surface area contributed by atoms with Gasteiger partial charge in [-0.15, -0.1) is 0 Å². The van der Waals surface area contributed by atoms with E-state index in [0.29, 0.717) is 18.3 Å². The van der Waals surface area contributed by atoms with Gasteiger partial charge in [-0.1, -0.05) is 13.3 Å². The van der Waals surface area contributed by atoms with Crippen molar-refractivity contribution in [2.45, 2.75) is 26.7 Å². The molecule has 15 heavy (non-hydrogen) atoms. The summed E-state index contributed by atoms with van der Waals surface area (Å²) >= 11 is 0. The van der Waals surface area contributed by atoms with E-state index in [0.717, 1.165) is 18.5 Å². The molecule has 0 saturated carbocycles. The number of hydrogen-bond acceptors (Lipinski definition) is 4. The second-order valence-corrected chi connectivity index (χ2v) is 3.41. The minimum Gasteiger partial charge on any atom is -0.478 e. The summed E-state index contributed by atoms with van der Waals surface area (Å²) in [6, 6.07) is 1.87. The van der Waals surface area contributed by atoms with Crippen LogP contribution in [-0.4, -0.2) is 26.2 Å². The molecule has 0 saturated heterocycles. The first-order chi connectivity index (χ1) is 7.31. The van der Waals surface area contributed by atoms with Crippen LogP contribution in [0.1, 0.15) is 25.5 Å². The Bertz CT molecular complexity index is 452. The average molecular weight is 206 g/mol. The maximum Gasteiger partial charge on any atom is 0.255 e. The van der Waals surface area contributed by atoms with Gasteiger partial charge in [0.15, 0.2) is 0 Å². The van der Waals surface area contributed by atoms with Crippen molar-refractivity contribution < 1.29 is 4.74 Å². The van der Waals surface area contributed by atoms with Crippen molar-refractivity contribution in [2.24, 2.45) is 0 Å². The summed E-state index contributed by atoms with van der Waals surface area (Å²) in [5, 5.41) is 4.06. The Morgan fingerprint density at radius 1 is 1.47 bits per heavy atom. The van der Waals surface area contributed by atoms with E-state index in [1.54, 1.807) is 4.52 Å². The van der Waals surface area contributed by atoms with Gasteiger partial charge in [-0.3, -0.25) is 0 Å². The van der Waals surface area contributed by atoms with Crippen LogP contribution in [0.3, 0.4) is 0 Å². The summed E-state index contributed by atoms with van der Waals surface area (Å²) in [7, 11) is 0. The maximum absolute atomic E-state index is 5.62. The van der Waals surface area contributed by atoms with Crippen LogP contribution < -0.4 is 4.74 Å². The van der Waals surface area contributed by atoms with Crippen molar-refractivity contribution in [3.8, 4) is 5.88 Å². The summed E-state index contributed by atoms with van der Waals surface area (Å²) in [4.78, 5) is 8.26. The number of unbranched alkanes of at least 4 members (excludes halogenated alkanes) is 1. The lowest BCUT2D eigenvalue weighted by Crippen LogP contribution is -2.04. The highest BCUT2D eigenvalue weighted by atomic mass is 16.5. The Morgan fingerprint density at radius 2 is 2.33 bits per heavy atom. The van der Waals surface area contributed by atoms with E-state index < -0.39 is 0 Å². The van der Waals surface area contributed by atoms with E-state index in [-0.39, 0.29) is 0 Å². The fourth-order valence-corrected chi connectivity index (χ4v) is 1.32. The third-order valence-corrected chi connectivity index (χ3v) is 2.10. The first-order valence-corrected chi connectivity index (χ1v) is 5.11. The molecule has 0 spiro atoms. The van der Waals surface area contributed by atoms with Crippen LogP contribution in [0, 0.1) is 6.92 Å². The molecule has 0 unspecified atom stereocenters. The number of ether oxygens (including phenoxy) is 1. The molecule has 0 radical (unpaired) electrons. The van der Waals surface area contributed by atoms with Gasteiger partial charge in [-0.2, -0.15) is 14.6 Å². The lowest BCUT2D eigenvalue weighted by molar-refractivity contribution is 0.289. The normalized spacial score (nSPS) is 10.8. The van der Waals surface area contributed by atoms with Gasteiger partial charge in [-0.25, -0.2) is 4.98 Å². The average Bonchev–Trinajstić information content (AvgIpc) is 2.65. The van der Waals surface area contributed by atoms with Gasteiger partial charge in [-0.05, 0) is 13.3 Å². The molecule has 2 aromatic heterocycles. The third kappa shape index (κ3) is 2.06. The largest absolute Gasteiger partial charge is 0.478 e. The third-order valence-electron chi connectivity index (χ3n) is 2.10. The number of rotatable bonds is 4. The van der Waals surface area contributed by atoms with Gasteiger partial charge in [0.1, 0.15) is 6.33 Å². The Balaban J connectivity index is 2.27. The van der Waals surface area contributed by atoms with Gasteiger partial charge in [0.2, 0.25) is 5.88 Å². The molecule has 0 aliphatic rings. The van der Waals surface area contributed by atoms with Crippen LogP contribution in [0.4, 0.5) is 0 Å². The molecule has 0 aliphatic carbocycles. The molecule has 2 heterocycles. The van der Waals surface area contributed by atoms with Crippen molar-refractivity contribution in [2.75, 3.05) is 6.61 Å². The molecular formula is C10H14N4O. The first kappa shape index (κ1) is 9.89. The van der Waals surface area contributed by atoms with Crippen LogP contribution in [-0.2, 0) is 0 Å². The summed E-state index contributed by atoms with van der Waals surface area (Å²) < 4.78 is 7.23. The number of aromatic nitrogens is 4. The standard InChI is InChI=1S/C10H14N4O/c1-3-4-5-15-9-6-8(2)13-10-11-7-12-14(9)10/h6-7H,3-5H2,1-2H3. The Morgan fingerprint density at radius 3 is 3.13 bits per heavy atom. The molecule has 0 atom stereocenters. The number of fused-ring (bicyclic) bond motifs is 1. The molecule has 0 amide bonds. The van der Waals surface area contributed by atoms with Gasteiger partial charge < -0.3 is 4.74 Å². The molecule has 0 N–H and O–H groups in total. The number of nitrogens with zero attached hydrogens (tertiary/aromatic N) is 4. The molecule has 5 nitrogen and oxygen atoms in total. The number of hydrogen-bond donors (Lipinski definition) is 0. The zero-order valence-electron chi connectivity index (χ0n) is 8.97. The van der Waals surface area contributed by atoms with Gasteiger partial charge in [0, 0.05) is 11.8 Å². The number of aryl methyl sites for hydroxylation is 1. The predicted octanol–water partition coefficient (Wildman–Crippen LogP) is 1.61. The maximum atomic E-state index is 5.62. The van der Waals surface area contributed by atoms with Gasteiger partial charge >= 0.3 is 0 Å². The van der Waals surface area contributed by atoms with Crippen molar-refractivity contribution in [1.82, 2.24) is 19.6 Å². The molecule has 2 rings (SSSR count). The highest BCUT2D eigenvalue weighted by Crippen LogP contribution is 2.12. The van der Waals surface area contributed by atoms with Crippen molar-refractivity contribution in [3.05, 3.63) is 18.1 Å². The predicted molar refractivity (Wildman–Crippen MR) is 55.9 cm³/mol. The van der Waals surface area contributed by atoms with E-state index in [2.05, 4.69) is 22.0 Å². The summed E-state index contributed by atoms with van der Waals surface area (Å²) in [6.07, 6.45) is 3.64. The SMILES string of the molecule is CCCCOc1cc(C)nc2ncnn12. The lowest BCUT2D eigenvalue weighted by atomic mass is 10.4. The zero-order valence-corrected chi connectivity index (χ0v) is 8.97. The smallest absolute Gasteiger partial charge is 0.255 e. The summed E-state index contributed by atoms with van der Waals surface area (Å²) in [6.45, 7) is 4.75. The van der Waals surface area contributed by atoms with E-state index in [4.69, 9.17) is 4.74 Å². The van der Waals surface area contributed by atoms with Crippen molar-refractivity contribution in [3.63, 3.8) is 0 Å². The minimum absolute atomic E-state index is 0.585. The van der Waals surface area contributed by atoms with Crippen LogP contribution in [0.15, 0.2) is 12.4 Å². The monoisotopic (exact) mass is 206 g/mol. The second-order valence-electron chi connectivity index (χ2n) is 3.41. The molecule has 2 aromatic rings. The molecule has 0 aliphatic heterocycles. The van der Waals surface area contributed by atoms with Crippen LogP contribution in [0.5, 0.6) is 5.88 Å². The first-order valence-electron chi connectivity index (χ1n) is 5.11. The Hall–Kier alpha value is -1.65. The van der Waals surface area contributed by atoms with Crippen LogP contribution in [0.25, 0.3) is 5.78 Å². The highest BCUT2D eigenvalue weighted by Gasteiger charge is 2.05. The fourth-order valence-electron chi connectivity index (χ4n) is 1.32. The molecule has 0 bridgehead atoms. The van der Waals surface area contributed by atoms with E-state index >= 15 is 0 Å². The Labute approximate surface area is 88.1 Å². The summed E-state index contributed by atoms with van der Waals surface area (Å²) in [5.74, 6) is 1.30. The lowest BCUT2D eigenvalue weighted by Gasteiger charge is -2.06. The topological polar surface area (TPSA) is 52.3 Å². The second kappa shape index (κ2) is 4.25. The minimum atomic E-state index is 0.585. The fraction of sp³-hybridized carbons (Fsp3) is 0.500. The van der Waals surface area contributed by atoms with E-state index in [9.17, 15) is 0 Å². The van der Waals surface area contributed by atoms with Gasteiger partial charge in [0.25, 0.3) is 5.78 Å². The van der Waals surface area contributed by atoms with Crippen LogP contribution in [0.2, 0.25) is 0 Å². The van der Waals surface area contributed by atoms with Crippen molar-refractivity contribution >= 4 is 5.78 Å². The van der Waals surface area contributed by atoms with E-state index in [1.807, 2.05) is 13.0 Å². The van der Waals surface area contributed by atoms with E-state index in [1.165, 1.54) is 6.33 Å². The molecule has 5 heteroatoms.